The Labute approximate surface area is 369 Å². The second-order valence-corrected chi connectivity index (χ2v) is 14.4. The summed E-state index contributed by atoms with van der Waals surface area (Å²) in [5.74, 6) is -5.16. The Morgan fingerprint density at radius 2 is 1.17 bits per heavy atom. The van der Waals surface area contributed by atoms with Gasteiger partial charge in [-0.1, -0.05) is 58.0 Å². The first-order chi connectivity index (χ1) is 26.4. The Kier molecular flexibility index (Phi) is 25.3. The highest BCUT2D eigenvalue weighted by atomic mass is 35.5. The van der Waals surface area contributed by atoms with Crippen LogP contribution in [0.4, 0.5) is 5.69 Å². The molecular weight excluding hydrogens is 896 g/mol. The molecule has 0 aliphatic heterocycles. The number of carboxylic acids is 4. The van der Waals surface area contributed by atoms with Gasteiger partial charge in [0.2, 0.25) is 11.0 Å². The number of carboxylic acid groups (broad SMARTS) is 4. The first-order valence-corrected chi connectivity index (χ1v) is 18.9. The second kappa shape index (κ2) is 26.5. The molecule has 330 valence electrons. The van der Waals surface area contributed by atoms with Gasteiger partial charge in [0.05, 0.1) is 86.4 Å². The number of pyridine rings is 1. The summed E-state index contributed by atoms with van der Waals surface area (Å²) in [6.07, 6.45) is 2.36. The number of aromatic nitrogens is 1. The number of hydrogen-bond acceptors (Lipinski definition) is 8. The van der Waals surface area contributed by atoms with E-state index >= 15 is 0 Å². The van der Waals surface area contributed by atoms with Crippen LogP contribution in [-0.4, -0.2) is 88.8 Å². The minimum absolute atomic E-state index is 0. The maximum Gasteiger partial charge on any atom is 0.336 e. The molecule has 5 aromatic rings. The van der Waals surface area contributed by atoms with E-state index in [1.54, 1.807) is 12.0 Å². The predicted molar refractivity (Wildman–Crippen MR) is 229 cm³/mol. The van der Waals surface area contributed by atoms with Crippen LogP contribution in [0.15, 0.2) is 60.7 Å². The van der Waals surface area contributed by atoms with Crippen LogP contribution in [-0.2, 0) is 0 Å². The van der Waals surface area contributed by atoms with Crippen molar-refractivity contribution in [3.63, 3.8) is 0 Å². The molecular formula is C39H46Cl5N3O13. The Morgan fingerprint density at radius 1 is 0.700 bits per heavy atom. The molecule has 4 aromatic carbocycles. The third-order valence-electron chi connectivity index (χ3n) is 8.60. The van der Waals surface area contributed by atoms with Crippen LogP contribution in [0.1, 0.15) is 75.0 Å². The summed E-state index contributed by atoms with van der Waals surface area (Å²) in [6.45, 7) is 10.4. The van der Waals surface area contributed by atoms with Gasteiger partial charge in [0.1, 0.15) is 5.75 Å². The molecule has 1 aromatic heterocycles. The van der Waals surface area contributed by atoms with Gasteiger partial charge in [-0.3, -0.25) is 0 Å². The summed E-state index contributed by atoms with van der Waals surface area (Å²) in [5, 5.41) is 45.0. The highest BCUT2D eigenvalue weighted by Gasteiger charge is 2.18. The molecule has 0 saturated carbocycles. The predicted octanol–water partition coefficient (Wildman–Crippen LogP) is 2.79. The fourth-order valence-electron chi connectivity index (χ4n) is 5.62. The van der Waals surface area contributed by atoms with Crippen molar-refractivity contribution in [3.8, 4) is 5.75 Å². The van der Waals surface area contributed by atoms with Gasteiger partial charge in [0.25, 0.3) is 0 Å². The molecule has 1 atom stereocenters. The fourth-order valence-corrected chi connectivity index (χ4v) is 6.44. The van der Waals surface area contributed by atoms with E-state index in [0.717, 1.165) is 69.0 Å². The summed E-state index contributed by atoms with van der Waals surface area (Å²) in [4.78, 5) is 47.4. The molecule has 0 unspecified atom stereocenters. The number of nitrogens with one attached hydrogen (secondary N) is 3. The topological polar surface area (TPSA) is 321 Å². The first-order valence-electron chi connectivity index (χ1n) is 17.0. The van der Waals surface area contributed by atoms with E-state index in [-0.39, 0.29) is 42.0 Å². The number of anilines is 1. The molecule has 16 nitrogen and oxygen atoms in total. The molecule has 21 heteroatoms. The maximum absolute atomic E-state index is 10.6. The fraction of sp³-hybridized carbons (Fsp3) is 0.256. The van der Waals surface area contributed by atoms with Crippen molar-refractivity contribution in [2.75, 3.05) is 32.1 Å². The van der Waals surface area contributed by atoms with Gasteiger partial charge in [-0.15, -0.1) is 0 Å². The number of ether oxygens (including phenoxy) is 1. The summed E-state index contributed by atoms with van der Waals surface area (Å²) in [6, 6.07) is 16.4. The molecule has 0 aliphatic rings. The molecule has 0 saturated heterocycles. The van der Waals surface area contributed by atoms with E-state index in [4.69, 9.17) is 73.0 Å². The number of quaternary nitrogens is 1. The molecule has 5 rings (SSSR count). The number of aromatic amines is 1. The number of rotatable bonds is 13. The van der Waals surface area contributed by atoms with E-state index in [9.17, 15) is 29.4 Å². The van der Waals surface area contributed by atoms with Crippen LogP contribution >= 0.6 is 58.0 Å². The van der Waals surface area contributed by atoms with Crippen LogP contribution in [0.5, 0.6) is 5.75 Å². The SMILES string of the molecule is CC[NH+](CC)CCC[C@@H](C)Nc1c2ccc(Cl)cc2[nH+]c2ccc(OC)cc12.O.O.O.O.O=C([O-])c1cc(Cl)c(Cl)cc1C(=O)O.O=C([O-])c1cc(Cl)c(Cl)cc1C(=O)O. The van der Waals surface area contributed by atoms with Crippen LogP contribution in [0.3, 0.4) is 0 Å². The quantitative estimate of drug-likeness (QED) is 0.125. The van der Waals surface area contributed by atoms with Gasteiger partial charge in [0, 0.05) is 34.3 Å². The standard InChI is InChI=1S/C23H30ClN3O.2C8H4Cl2O4.4H2O/c1-5-27(6-2)13-7-8-16(3)25-23-19-11-9-17(24)14-22(19)26-21-12-10-18(28-4)15-20(21)23;2*9-5-1-3(7(11)12)4(8(13)14)2-6(5)10;;;;/h9-12,14-16H,5-8,13H2,1-4H3,(H,25,26);2*1-2H,(H,11,12)(H,13,14);4*1H2/t16-;;;;;;/m1....../s1. The second-order valence-electron chi connectivity index (χ2n) is 12.3. The minimum Gasteiger partial charge on any atom is -0.545 e. The molecule has 0 spiro atoms. The zero-order valence-corrected chi connectivity index (χ0v) is 36.3. The summed E-state index contributed by atoms with van der Waals surface area (Å²) in [5.41, 5.74) is 1.37. The number of aromatic carboxylic acids is 4. The summed E-state index contributed by atoms with van der Waals surface area (Å²) < 4.78 is 5.46. The lowest BCUT2D eigenvalue weighted by atomic mass is 10.1. The lowest BCUT2D eigenvalue weighted by Gasteiger charge is -2.19. The van der Waals surface area contributed by atoms with Crippen molar-refractivity contribution in [3.05, 3.63) is 108 Å². The molecule has 13 N–H and O–H groups in total. The molecule has 0 amide bonds. The molecule has 0 radical (unpaired) electrons. The Morgan fingerprint density at radius 3 is 1.58 bits per heavy atom. The van der Waals surface area contributed by atoms with Gasteiger partial charge in [0.15, 0.2) is 0 Å². The van der Waals surface area contributed by atoms with Crippen molar-refractivity contribution in [2.24, 2.45) is 0 Å². The third-order valence-corrected chi connectivity index (χ3v) is 10.3. The number of fused-ring (bicyclic) bond motifs is 2. The largest absolute Gasteiger partial charge is 0.545 e. The van der Waals surface area contributed by atoms with E-state index in [1.807, 2.05) is 18.2 Å². The highest BCUT2D eigenvalue weighted by molar-refractivity contribution is 6.43. The number of halogens is 5. The van der Waals surface area contributed by atoms with Gasteiger partial charge in [-0.05, 0) is 82.1 Å². The number of benzene rings is 4. The number of methoxy groups -OCH3 is 1. The Hall–Kier alpha value is -4.72. The minimum atomic E-state index is -1.61. The molecule has 0 aliphatic carbocycles. The maximum atomic E-state index is 10.6. The van der Waals surface area contributed by atoms with Crippen molar-refractivity contribution < 1.29 is 76.1 Å². The zero-order chi connectivity index (χ0) is 41.9. The average Bonchev–Trinajstić information content (AvgIpc) is 3.15. The van der Waals surface area contributed by atoms with Crippen molar-refractivity contribution in [1.29, 1.82) is 0 Å². The monoisotopic (exact) mass is 939 g/mol. The molecule has 60 heavy (non-hydrogen) atoms. The van der Waals surface area contributed by atoms with E-state index in [1.165, 1.54) is 26.1 Å². The third kappa shape index (κ3) is 15.4. The van der Waals surface area contributed by atoms with Crippen molar-refractivity contribution in [2.45, 2.75) is 39.7 Å². The van der Waals surface area contributed by atoms with Gasteiger partial charge >= 0.3 is 11.9 Å². The average molecular weight is 942 g/mol. The first kappa shape index (κ1) is 57.4. The Balaban J connectivity index is 0. The van der Waals surface area contributed by atoms with Crippen LogP contribution < -0.4 is 30.2 Å². The molecule has 0 bridgehead atoms. The van der Waals surface area contributed by atoms with E-state index in [2.05, 4.69) is 49.3 Å². The number of carbonyl (C=O) groups excluding carboxylic acids is 2. The van der Waals surface area contributed by atoms with Crippen molar-refractivity contribution in [1.82, 2.24) is 0 Å². The van der Waals surface area contributed by atoms with E-state index < -0.39 is 46.1 Å². The highest BCUT2D eigenvalue weighted by Crippen LogP contribution is 2.33. The van der Waals surface area contributed by atoms with Gasteiger partial charge < -0.3 is 66.9 Å². The molecule has 0 fully saturated rings. The van der Waals surface area contributed by atoms with Crippen LogP contribution in [0.2, 0.25) is 25.1 Å². The normalized spacial score (nSPS) is 10.5. The van der Waals surface area contributed by atoms with Gasteiger partial charge in [-0.25, -0.2) is 14.6 Å². The number of hydrogen-bond donors (Lipinski definition) is 4. The van der Waals surface area contributed by atoms with Crippen LogP contribution in [0, 0.1) is 0 Å². The Bertz CT molecular complexity index is 2100. The smallest absolute Gasteiger partial charge is 0.336 e. The lowest BCUT2D eigenvalue weighted by molar-refractivity contribution is -0.896. The van der Waals surface area contributed by atoms with Gasteiger partial charge in [-0.2, -0.15) is 0 Å². The van der Waals surface area contributed by atoms with Crippen LogP contribution in [0.25, 0.3) is 21.8 Å². The molecule has 1 heterocycles. The van der Waals surface area contributed by atoms with Crippen molar-refractivity contribution >= 4 is 109 Å². The number of H-pyrrole nitrogens is 1. The summed E-state index contributed by atoms with van der Waals surface area (Å²) >= 11 is 28.3. The lowest BCUT2D eigenvalue weighted by Crippen LogP contribution is -3.11. The zero-order valence-electron chi connectivity index (χ0n) is 32.5. The van der Waals surface area contributed by atoms with E-state index in [0.29, 0.717) is 6.04 Å². The number of carbonyl (C=O) groups is 4. The summed E-state index contributed by atoms with van der Waals surface area (Å²) in [7, 11) is 1.71.